The van der Waals surface area contributed by atoms with Gasteiger partial charge in [0.1, 0.15) is 4.90 Å². The van der Waals surface area contributed by atoms with E-state index in [0.717, 1.165) is 0 Å². The zero-order valence-corrected chi connectivity index (χ0v) is 11.0. The SMILES string of the molecule is CN(C)NS(=O)(=O)c1c(N)cc(Cl)cc1Cl. The lowest BCUT2D eigenvalue weighted by Crippen LogP contribution is -2.36. The minimum Gasteiger partial charge on any atom is -0.398 e. The number of anilines is 1. The molecule has 0 spiro atoms. The van der Waals surface area contributed by atoms with Crippen LogP contribution in [0, 0.1) is 0 Å². The minimum absolute atomic E-state index is 0.00634. The average Bonchev–Trinajstić information content (AvgIpc) is 1.96. The van der Waals surface area contributed by atoms with Gasteiger partial charge in [0.2, 0.25) is 0 Å². The molecule has 0 saturated heterocycles. The summed E-state index contributed by atoms with van der Waals surface area (Å²) < 4.78 is 23.7. The molecule has 8 heteroatoms. The Bertz CT molecular complexity index is 479. The first kappa shape index (κ1) is 13.5. The van der Waals surface area contributed by atoms with E-state index in [1.807, 2.05) is 0 Å². The van der Waals surface area contributed by atoms with E-state index >= 15 is 0 Å². The highest BCUT2D eigenvalue weighted by atomic mass is 35.5. The number of halogens is 2. The van der Waals surface area contributed by atoms with Gasteiger partial charge in [-0.1, -0.05) is 23.2 Å². The van der Waals surface area contributed by atoms with Crippen molar-refractivity contribution in [3.63, 3.8) is 0 Å². The van der Waals surface area contributed by atoms with Crippen molar-refractivity contribution in [2.45, 2.75) is 4.90 Å². The van der Waals surface area contributed by atoms with Crippen molar-refractivity contribution in [3.8, 4) is 0 Å². The van der Waals surface area contributed by atoms with Crippen LogP contribution in [-0.2, 0) is 10.0 Å². The van der Waals surface area contributed by atoms with Crippen molar-refractivity contribution in [2.75, 3.05) is 19.8 Å². The van der Waals surface area contributed by atoms with E-state index in [9.17, 15) is 8.42 Å². The zero-order valence-electron chi connectivity index (χ0n) is 8.66. The molecule has 1 aromatic carbocycles. The minimum atomic E-state index is -3.78. The maximum absolute atomic E-state index is 11.8. The number of nitrogen functional groups attached to an aromatic ring is 1. The Balaban J connectivity index is 3.34. The number of rotatable bonds is 3. The Morgan fingerprint density at radius 3 is 2.31 bits per heavy atom. The Kier molecular flexibility index (Phi) is 4.03. The quantitative estimate of drug-likeness (QED) is 0.648. The molecular formula is C8H11Cl2N3O2S. The molecule has 0 unspecified atom stereocenters. The molecule has 0 atom stereocenters. The molecule has 5 nitrogen and oxygen atoms in total. The van der Waals surface area contributed by atoms with Gasteiger partial charge >= 0.3 is 0 Å². The number of hydrazine groups is 1. The van der Waals surface area contributed by atoms with Gasteiger partial charge in [0.15, 0.2) is 0 Å². The first-order valence-corrected chi connectivity index (χ1v) is 6.42. The molecule has 90 valence electrons. The van der Waals surface area contributed by atoms with Crippen molar-refractivity contribution < 1.29 is 8.42 Å². The van der Waals surface area contributed by atoms with Crippen LogP contribution in [0.1, 0.15) is 0 Å². The van der Waals surface area contributed by atoms with E-state index in [4.69, 9.17) is 28.9 Å². The molecular weight excluding hydrogens is 273 g/mol. The molecule has 0 heterocycles. The summed E-state index contributed by atoms with van der Waals surface area (Å²) in [6.07, 6.45) is 0. The summed E-state index contributed by atoms with van der Waals surface area (Å²) in [5.74, 6) is 0. The van der Waals surface area contributed by atoms with Crippen LogP contribution in [0.25, 0.3) is 0 Å². The molecule has 3 N–H and O–H groups in total. The summed E-state index contributed by atoms with van der Waals surface area (Å²) in [4.78, 5) is 2.06. The lowest BCUT2D eigenvalue weighted by Gasteiger charge is -2.15. The van der Waals surface area contributed by atoms with Gasteiger partial charge in [-0.25, -0.2) is 13.4 Å². The molecule has 0 aliphatic heterocycles. The van der Waals surface area contributed by atoms with E-state index in [2.05, 4.69) is 4.83 Å². The summed E-state index contributed by atoms with van der Waals surface area (Å²) in [5, 5.41) is 1.55. The van der Waals surface area contributed by atoms with Crippen LogP contribution >= 0.6 is 23.2 Å². The third-order valence-corrected chi connectivity index (χ3v) is 3.84. The summed E-state index contributed by atoms with van der Waals surface area (Å²) in [6.45, 7) is 0. The third kappa shape index (κ3) is 2.99. The molecule has 0 aliphatic rings. The second-order valence-corrected chi connectivity index (χ2v) is 5.74. The molecule has 0 aliphatic carbocycles. The van der Waals surface area contributed by atoms with E-state index in [1.54, 1.807) is 0 Å². The maximum Gasteiger partial charge on any atom is 0.256 e. The zero-order chi connectivity index (χ0) is 12.5. The predicted octanol–water partition coefficient (Wildman–Crippen LogP) is 1.33. The van der Waals surface area contributed by atoms with Crippen LogP contribution < -0.4 is 10.6 Å². The van der Waals surface area contributed by atoms with Gasteiger partial charge in [-0.2, -0.15) is 0 Å². The van der Waals surface area contributed by atoms with E-state index < -0.39 is 10.0 Å². The Morgan fingerprint density at radius 2 is 1.88 bits per heavy atom. The topological polar surface area (TPSA) is 75.4 Å². The number of nitrogens with one attached hydrogen (secondary N) is 1. The summed E-state index contributed by atoms with van der Waals surface area (Å²) in [7, 11) is -0.699. The van der Waals surface area contributed by atoms with Gasteiger partial charge in [0.05, 0.1) is 10.7 Å². The first-order valence-electron chi connectivity index (χ1n) is 4.18. The maximum atomic E-state index is 11.8. The van der Waals surface area contributed by atoms with Crippen LogP contribution in [0.4, 0.5) is 5.69 Å². The number of nitrogens with two attached hydrogens (primary N) is 1. The molecule has 1 rings (SSSR count). The van der Waals surface area contributed by atoms with Crippen LogP contribution in [-0.4, -0.2) is 27.5 Å². The largest absolute Gasteiger partial charge is 0.398 e. The monoisotopic (exact) mass is 283 g/mol. The van der Waals surface area contributed by atoms with Crippen molar-refractivity contribution in [1.82, 2.24) is 9.84 Å². The van der Waals surface area contributed by atoms with Crippen LogP contribution in [0.5, 0.6) is 0 Å². The molecule has 1 aromatic rings. The standard InChI is InChI=1S/C8H11Cl2N3O2S/c1-13(2)12-16(14,15)8-6(10)3-5(9)4-7(8)11/h3-4,12H,11H2,1-2H3. The normalized spacial score (nSPS) is 12.1. The highest BCUT2D eigenvalue weighted by Crippen LogP contribution is 2.30. The van der Waals surface area contributed by atoms with Crippen LogP contribution in [0.3, 0.4) is 0 Å². The molecule has 0 radical (unpaired) electrons. The summed E-state index contributed by atoms with van der Waals surface area (Å²) >= 11 is 11.5. The Labute approximate surface area is 104 Å². The van der Waals surface area contributed by atoms with E-state index in [0.29, 0.717) is 0 Å². The van der Waals surface area contributed by atoms with Gasteiger partial charge < -0.3 is 5.73 Å². The molecule has 0 aromatic heterocycles. The fourth-order valence-electron chi connectivity index (χ4n) is 1.15. The van der Waals surface area contributed by atoms with Gasteiger partial charge in [0, 0.05) is 19.1 Å². The number of sulfonamides is 1. The van der Waals surface area contributed by atoms with E-state index in [1.165, 1.54) is 31.2 Å². The van der Waals surface area contributed by atoms with Crippen molar-refractivity contribution in [3.05, 3.63) is 22.2 Å². The molecule has 0 fully saturated rings. The van der Waals surface area contributed by atoms with Crippen molar-refractivity contribution >= 4 is 38.9 Å². The van der Waals surface area contributed by atoms with Crippen LogP contribution in [0.2, 0.25) is 10.0 Å². The van der Waals surface area contributed by atoms with Gasteiger partial charge in [-0.3, -0.25) is 0 Å². The van der Waals surface area contributed by atoms with Crippen molar-refractivity contribution in [1.29, 1.82) is 0 Å². The second kappa shape index (κ2) is 4.77. The smallest absolute Gasteiger partial charge is 0.256 e. The predicted molar refractivity (Wildman–Crippen MR) is 64.9 cm³/mol. The fourth-order valence-corrected chi connectivity index (χ4v) is 3.22. The Morgan fingerprint density at radius 1 is 1.31 bits per heavy atom. The first-order chi connectivity index (χ1) is 7.24. The highest BCUT2D eigenvalue weighted by molar-refractivity contribution is 7.89. The molecule has 0 saturated carbocycles. The fraction of sp³-hybridized carbons (Fsp3) is 0.250. The third-order valence-electron chi connectivity index (χ3n) is 1.61. The number of benzene rings is 1. The molecule has 0 amide bonds. The second-order valence-electron chi connectivity index (χ2n) is 3.30. The highest BCUT2D eigenvalue weighted by Gasteiger charge is 2.22. The van der Waals surface area contributed by atoms with Gasteiger partial charge in [0.25, 0.3) is 10.0 Å². The van der Waals surface area contributed by atoms with Gasteiger partial charge in [-0.15, -0.1) is 4.83 Å². The molecule has 0 bridgehead atoms. The van der Waals surface area contributed by atoms with Crippen molar-refractivity contribution in [2.24, 2.45) is 0 Å². The lowest BCUT2D eigenvalue weighted by atomic mass is 10.3. The summed E-state index contributed by atoms with van der Waals surface area (Å²) in [5.41, 5.74) is 5.58. The lowest BCUT2D eigenvalue weighted by molar-refractivity contribution is 0.364. The van der Waals surface area contributed by atoms with Gasteiger partial charge in [-0.05, 0) is 12.1 Å². The van der Waals surface area contributed by atoms with Crippen LogP contribution in [0.15, 0.2) is 17.0 Å². The number of hydrogen-bond acceptors (Lipinski definition) is 4. The number of hydrogen-bond donors (Lipinski definition) is 2. The number of nitrogens with zero attached hydrogens (tertiary/aromatic N) is 1. The Hall–Kier alpha value is -0.530. The summed E-state index contributed by atoms with van der Waals surface area (Å²) in [6, 6.07) is 2.65. The molecule has 16 heavy (non-hydrogen) atoms. The average molecular weight is 284 g/mol. The van der Waals surface area contributed by atoms with E-state index in [-0.39, 0.29) is 20.6 Å².